The van der Waals surface area contributed by atoms with Gasteiger partial charge in [0.15, 0.2) is 0 Å². The molecule has 0 fully saturated rings. The molecule has 0 unspecified atom stereocenters. The molecule has 1 amide bonds. The van der Waals surface area contributed by atoms with Gasteiger partial charge in [0.1, 0.15) is 17.5 Å². The molecule has 3 aromatic rings. The third kappa shape index (κ3) is 4.27. The predicted molar refractivity (Wildman–Crippen MR) is 106 cm³/mol. The van der Waals surface area contributed by atoms with Gasteiger partial charge in [-0.3, -0.25) is 15.6 Å². The Hall–Kier alpha value is -3.82. The molecule has 0 saturated carbocycles. The summed E-state index contributed by atoms with van der Waals surface area (Å²) in [6.45, 7) is 0.0867. The molecule has 0 aliphatic carbocycles. The van der Waals surface area contributed by atoms with Crippen LogP contribution in [0.5, 0.6) is 0 Å². The first-order valence-electron chi connectivity index (χ1n) is 8.78. The molecule has 0 saturated heterocycles. The second kappa shape index (κ2) is 8.27. The summed E-state index contributed by atoms with van der Waals surface area (Å²) in [5.41, 5.74) is 5.63. The molecular formula is C20H18F3N5O2. The van der Waals surface area contributed by atoms with Crippen LogP contribution >= 0.6 is 0 Å². The van der Waals surface area contributed by atoms with E-state index in [0.717, 1.165) is 6.07 Å². The van der Waals surface area contributed by atoms with Gasteiger partial charge in [0.2, 0.25) is 11.8 Å². The summed E-state index contributed by atoms with van der Waals surface area (Å²) in [4.78, 5) is 15.0. The summed E-state index contributed by atoms with van der Waals surface area (Å²) < 4.78 is 46.8. The number of hydrogen-bond donors (Lipinski definition) is 4. The number of primary amides is 1. The van der Waals surface area contributed by atoms with Crippen molar-refractivity contribution < 1.29 is 22.7 Å². The molecule has 0 atom stereocenters. The van der Waals surface area contributed by atoms with Gasteiger partial charge in [0.05, 0.1) is 16.8 Å². The quantitative estimate of drug-likeness (QED) is 0.377. The Morgan fingerprint density at radius 1 is 1.13 bits per heavy atom. The number of nitrogens with two attached hydrogens (primary N) is 1. The van der Waals surface area contributed by atoms with E-state index in [9.17, 15) is 18.0 Å². The van der Waals surface area contributed by atoms with Crippen LogP contribution in [-0.2, 0) is 9.53 Å². The van der Waals surface area contributed by atoms with Gasteiger partial charge in [-0.15, -0.1) is 0 Å². The molecule has 0 spiro atoms. The van der Waals surface area contributed by atoms with E-state index in [1.165, 1.54) is 36.2 Å². The number of halogens is 3. The second-order valence-corrected chi connectivity index (χ2v) is 6.57. The maximum Gasteiger partial charge on any atom is 0.291 e. The zero-order valence-electron chi connectivity index (χ0n) is 15.9. The first-order chi connectivity index (χ1) is 14.2. The number of aromatic nitrogens is 1. The van der Waals surface area contributed by atoms with Crippen molar-refractivity contribution in [3.05, 3.63) is 59.4 Å². The topological polar surface area (TPSA) is 119 Å². The van der Waals surface area contributed by atoms with E-state index < -0.39 is 35.3 Å². The van der Waals surface area contributed by atoms with Gasteiger partial charge in [-0.25, -0.2) is 13.2 Å². The van der Waals surface area contributed by atoms with Gasteiger partial charge >= 0.3 is 0 Å². The normalized spacial score (nSPS) is 10.8. The minimum Gasteiger partial charge on any atom is -0.407 e. The van der Waals surface area contributed by atoms with E-state index in [-0.39, 0.29) is 35.1 Å². The highest BCUT2D eigenvalue weighted by Gasteiger charge is 2.23. The predicted octanol–water partition coefficient (Wildman–Crippen LogP) is 3.34. The van der Waals surface area contributed by atoms with Crippen molar-refractivity contribution in [3.63, 3.8) is 0 Å². The molecule has 2 aromatic carbocycles. The van der Waals surface area contributed by atoms with E-state index >= 15 is 0 Å². The van der Waals surface area contributed by atoms with Gasteiger partial charge in [-0.1, -0.05) is 0 Å². The summed E-state index contributed by atoms with van der Waals surface area (Å²) in [6, 6.07) is 6.47. The molecule has 3 rings (SSSR count). The Balaban J connectivity index is 2.03. The largest absolute Gasteiger partial charge is 0.407 e. The lowest BCUT2D eigenvalue weighted by Gasteiger charge is -2.19. The van der Waals surface area contributed by atoms with Crippen LogP contribution in [-0.4, -0.2) is 41.3 Å². The molecule has 0 bridgehead atoms. The Labute approximate surface area is 169 Å². The average Bonchev–Trinajstić information content (AvgIpc) is 3.06. The number of amidine groups is 1. The number of nitrogens with zero attached hydrogens (tertiary/aromatic N) is 1. The summed E-state index contributed by atoms with van der Waals surface area (Å²) >= 11 is 0. The summed E-state index contributed by atoms with van der Waals surface area (Å²) in [5.74, 6) is -3.33. The molecule has 0 aliphatic rings. The van der Waals surface area contributed by atoms with E-state index in [2.05, 4.69) is 4.98 Å². The molecular weight excluding hydrogens is 399 g/mol. The van der Waals surface area contributed by atoms with Crippen LogP contribution in [0.25, 0.3) is 22.2 Å². The van der Waals surface area contributed by atoms with E-state index in [1.807, 2.05) is 0 Å². The Morgan fingerprint density at radius 3 is 2.43 bits per heavy atom. The van der Waals surface area contributed by atoms with Crippen molar-refractivity contribution in [2.24, 2.45) is 5.73 Å². The number of hydrogen-bond acceptors (Lipinski definition) is 4. The fourth-order valence-electron chi connectivity index (χ4n) is 2.89. The smallest absolute Gasteiger partial charge is 0.291 e. The van der Waals surface area contributed by atoms with Crippen LogP contribution < -0.4 is 5.73 Å². The first kappa shape index (κ1) is 20.9. The lowest BCUT2D eigenvalue weighted by Crippen LogP contribution is -2.33. The Kier molecular flexibility index (Phi) is 5.77. The van der Waals surface area contributed by atoms with Crippen LogP contribution in [0.4, 0.5) is 13.2 Å². The molecule has 1 aromatic heterocycles. The average molecular weight is 417 g/mol. The number of fused-ring (bicyclic) bond motifs is 1. The van der Waals surface area contributed by atoms with Crippen LogP contribution in [0.2, 0.25) is 0 Å². The van der Waals surface area contributed by atoms with Crippen molar-refractivity contribution in [2.75, 3.05) is 13.6 Å². The highest BCUT2D eigenvalue weighted by molar-refractivity contribution is 6.13. The van der Waals surface area contributed by atoms with Gasteiger partial charge in [-0.05, 0) is 35.9 Å². The molecule has 5 N–H and O–H groups in total. The molecule has 0 radical (unpaired) electrons. The minimum atomic E-state index is -0.874. The van der Waals surface area contributed by atoms with Crippen molar-refractivity contribution in [2.45, 2.75) is 6.42 Å². The number of H-pyrrole nitrogens is 1. The third-order valence-corrected chi connectivity index (χ3v) is 4.42. The van der Waals surface area contributed by atoms with E-state index in [4.69, 9.17) is 21.3 Å². The van der Waals surface area contributed by atoms with Gasteiger partial charge in [0, 0.05) is 31.5 Å². The highest BCUT2D eigenvalue weighted by atomic mass is 19.1. The van der Waals surface area contributed by atoms with Crippen molar-refractivity contribution >= 4 is 28.7 Å². The maximum atomic E-state index is 14.3. The molecule has 1 heterocycles. The Morgan fingerprint density at radius 2 is 1.80 bits per heavy atom. The number of amides is 1. The molecule has 10 heteroatoms. The van der Waals surface area contributed by atoms with Crippen LogP contribution in [0.1, 0.15) is 12.0 Å². The number of aromatic amines is 1. The van der Waals surface area contributed by atoms with Gasteiger partial charge in [-0.2, -0.15) is 0 Å². The number of ether oxygens (including phenoxy) is 1. The second-order valence-electron chi connectivity index (χ2n) is 6.57. The van der Waals surface area contributed by atoms with Crippen molar-refractivity contribution in [1.82, 2.24) is 9.88 Å². The molecule has 156 valence electrons. The third-order valence-electron chi connectivity index (χ3n) is 4.42. The van der Waals surface area contributed by atoms with Gasteiger partial charge < -0.3 is 20.4 Å². The van der Waals surface area contributed by atoms with Gasteiger partial charge in [0.25, 0.3) is 6.02 Å². The number of carbonyl (C=O) groups excluding carboxylic acids is 1. The summed E-state index contributed by atoms with van der Waals surface area (Å²) in [7, 11) is 1.47. The first-order valence-corrected chi connectivity index (χ1v) is 8.78. The van der Waals surface area contributed by atoms with Crippen molar-refractivity contribution in [3.8, 4) is 11.3 Å². The Bertz CT molecular complexity index is 1140. The lowest BCUT2D eigenvalue weighted by atomic mass is 10.0. The molecule has 30 heavy (non-hydrogen) atoms. The monoisotopic (exact) mass is 417 g/mol. The number of rotatable bonds is 5. The van der Waals surface area contributed by atoms with Crippen LogP contribution in [0.3, 0.4) is 0 Å². The summed E-state index contributed by atoms with van der Waals surface area (Å²) in [6.07, 6.45) is -0.0279. The van der Waals surface area contributed by atoms with Crippen LogP contribution in [0.15, 0.2) is 36.4 Å². The summed E-state index contributed by atoms with van der Waals surface area (Å²) in [5, 5.41) is 16.3. The number of carbonyl (C=O) groups is 1. The standard InChI is InChI=1S/C20H18F3N5O2/c1-28(7-6-15(24)29)20(26)30-19(25)16-13-8-12(22)9-14(23)18(13)27-17(16)10-2-4-11(21)5-3-10/h2-5,8-9,25-27H,6-7H2,1H3,(H2,24,29). The molecule has 0 aliphatic heterocycles. The molecule has 7 nitrogen and oxygen atoms in total. The maximum absolute atomic E-state index is 14.3. The fourth-order valence-corrected chi connectivity index (χ4v) is 2.89. The SMILES string of the molecule is CN(CCC(N)=O)C(=N)OC(=N)c1c(-c2ccc(F)cc2)[nH]c2c(F)cc(F)cc12. The lowest BCUT2D eigenvalue weighted by molar-refractivity contribution is -0.118. The minimum absolute atomic E-state index is 0.00283. The highest BCUT2D eigenvalue weighted by Crippen LogP contribution is 2.33. The van der Waals surface area contributed by atoms with Crippen LogP contribution in [0, 0.1) is 28.3 Å². The number of benzene rings is 2. The van der Waals surface area contributed by atoms with E-state index in [1.54, 1.807) is 0 Å². The van der Waals surface area contributed by atoms with Crippen molar-refractivity contribution in [1.29, 1.82) is 10.8 Å². The zero-order chi connectivity index (χ0) is 22.0. The fraction of sp³-hybridized carbons (Fsp3) is 0.150. The zero-order valence-corrected chi connectivity index (χ0v) is 15.9. The number of nitrogens with one attached hydrogen (secondary N) is 3. The van der Waals surface area contributed by atoms with E-state index in [0.29, 0.717) is 11.6 Å².